The molecule has 0 bridgehead atoms. The van der Waals surface area contributed by atoms with Gasteiger partial charge in [-0.1, -0.05) is 12.1 Å². The van der Waals surface area contributed by atoms with Crippen molar-refractivity contribution in [1.82, 2.24) is 9.80 Å². The molecule has 0 unspecified atom stereocenters. The number of likely N-dealkylation sites (N-methyl/N-ethyl adjacent to an activating group) is 1. The van der Waals surface area contributed by atoms with Gasteiger partial charge >= 0.3 is 5.97 Å². The van der Waals surface area contributed by atoms with Crippen LogP contribution in [0.25, 0.3) is 6.08 Å². The van der Waals surface area contributed by atoms with Gasteiger partial charge in [-0.2, -0.15) is 0 Å². The van der Waals surface area contributed by atoms with Crippen LogP contribution in [0.1, 0.15) is 29.8 Å². The Morgan fingerprint density at radius 3 is 2.59 bits per heavy atom. The largest absolute Gasteiger partial charge is 0.490 e. The van der Waals surface area contributed by atoms with Gasteiger partial charge in [0.05, 0.1) is 42.6 Å². The number of morpholine rings is 1. The van der Waals surface area contributed by atoms with Crippen molar-refractivity contribution in [2.24, 2.45) is 4.99 Å². The van der Waals surface area contributed by atoms with E-state index < -0.39 is 5.97 Å². The minimum Gasteiger partial charge on any atom is -0.490 e. The molecule has 0 atom stereocenters. The molecular weight excluding hydrogens is 522 g/mol. The van der Waals surface area contributed by atoms with E-state index in [9.17, 15) is 14.4 Å². The molecule has 2 aliphatic heterocycles. The second kappa shape index (κ2) is 13.3. The Bertz CT molecular complexity index is 1290. The third-order valence-electron chi connectivity index (χ3n) is 5.87. The topological polar surface area (TPSA) is 107 Å². The van der Waals surface area contributed by atoms with E-state index in [4.69, 9.17) is 18.9 Å². The highest BCUT2D eigenvalue weighted by Gasteiger charge is 2.30. The monoisotopic (exact) mass is 553 g/mol. The number of hydrogen-bond donors (Lipinski definition) is 0. The first kappa shape index (κ1) is 28.2. The lowest BCUT2D eigenvalue weighted by molar-refractivity contribution is -0.137. The lowest BCUT2D eigenvalue weighted by atomic mass is 10.2. The minimum atomic E-state index is -0.424. The molecule has 2 aliphatic rings. The summed E-state index contributed by atoms with van der Waals surface area (Å²) in [6, 6.07) is 12.1. The number of carbonyl (C=O) groups is 3. The average Bonchev–Trinajstić information content (AvgIpc) is 3.20. The highest BCUT2D eigenvalue weighted by molar-refractivity contribution is 8.18. The van der Waals surface area contributed by atoms with Crippen LogP contribution in [0.3, 0.4) is 0 Å². The molecule has 39 heavy (non-hydrogen) atoms. The molecule has 0 saturated carbocycles. The number of carbonyl (C=O) groups excluding carboxylic acids is 3. The average molecular weight is 554 g/mol. The molecule has 11 heteroatoms. The van der Waals surface area contributed by atoms with Gasteiger partial charge in [0.1, 0.15) is 0 Å². The Kier molecular flexibility index (Phi) is 9.61. The van der Waals surface area contributed by atoms with Crippen LogP contribution in [0, 0.1) is 0 Å². The van der Waals surface area contributed by atoms with Crippen molar-refractivity contribution in [3.63, 3.8) is 0 Å². The second-order valence-electron chi connectivity index (χ2n) is 8.56. The van der Waals surface area contributed by atoms with Crippen LogP contribution in [0.5, 0.6) is 11.5 Å². The number of rotatable bonds is 9. The number of esters is 1. The van der Waals surface area contributed by atoms with Crippen LogP contribution in [-0.2, 0) is 19.1 Å². The van der Waals surface area contributed by atoms with Crippen molar-refractivity contribution in [3.05, 3.63) is 58.5 Å². The van der Waals surface area contributed by atoms with Crippen LogP contribution in [0.2, 0.25) is 0 Å². The molecule has 206 valence electrons. The van der Waals surface area contributed by atoms with E-state index in [2.05, 4.69) is 4.99 Å². The molecule has 0 N–H and O–H groups in total. The van der Waals surface area contributed by atoms with Crippen LogP contribution >= 0.6 is 11.8 Å². The molecule has 0 radical (unpaired) electrons. The fourth-order valence-electron chi connectivity index (χ4n) is 3.88. The zero-order valence-electron chi connectivity index (χ0n) is 22.2. The summed E-state index contributed by atoms with van der Waals surface area (Å²) in [4.78, 5) is 45.7. The molecule has 0 aliphatic carbocycles. The number of ether oxygens (including phenoxy) is 4. The van der Waals surface area contributed by atoms with Gasteiger partial charge in [0.15, 0.2) is 23.3 Å². The minimum absolute atomic E-state index is 0.100. The van der Waals surface area contributed by atoms with E-state index in [1.807, 2.05) is 6.92 Å². The Balaban J connectivity index is 1.49. The highest BCUT2D eigenvalue weighted by Crippen LogP contribution is 2.35. The Labute approximate surface area is 231 Å². The summed E-state index contributed by atoms with van der Waals surface area (Å²) in [5.74, 6) is 0.200. The Hall–Kier alpha value is -3.83. The summed E-state index contributed by atoms with van der Waals surface area (Å²) in [5, 5.41) is 0.485. The molecular formula is C28H31N3O7S. The highest BCUT2D eigenvalue weighted by atomic mass is 32.2. The number of nitrogens with zero attached hydrogens (tertiary/aromatic N) is 3. The SMILES string of the molecule is CCOC(=O)c1cccc(N=C2SC(=Cc3ccc(OCC(=O)N4CCOCC4)c(OCC)c3)C(=O)N2C)c1. The molecule has 10 nitrogen and oxygen atoms in total. The molecule has 2 amide bonds. The van der Waals surface area contributed by atoms with Gasteiger partial charge in [0.2, 0.25) is 0 Å². The third kappa shape index (κ3) is 7.18. The van der Waals surface area contributed by atoms with Crippen molar-refractivity contribution in [3.8, 4) is 11.5 Å². The second-order valence-corrected chi connectivity index (χ2v) is 9.57. The fraction of sp³-hybridized carbons (Fsp3) is 0.357. The van der Waals surface area contributed by atoms with E-state index in [0.29, 0.717) is 65.7 Å². The summed E-state index contributed by atoms with van der Waals surface area (Å²) in [5.41, 5.74) is 1.67. The molecule has 2 aromatic rings. The predicted molar refractivity (Wildman–Crippen MR) is 148 cm³/mol. The first-order valence-corrected chi connectivity index (χ1v) is 13.5. The van der Waals surface area contributed by atoms with Gasteiger partial charge in [-0.25, -0.2) is 9.79 Å². The standard InChI is InChI=1S/C28H31N3O7S/c1-4-36-23-15-19(9-10-22(23)38-18-25(32)31-11-13-35-14-12-31)16-24-26(33)30(3)28(39-24)29-21-8-6-7-20(17-21)27(34)37-5-2/h6-10,15-17H,4-5,11-14,18H2,1-3H3. The van der Waals surface area contributed by atoms with E-state index in [1.54, 1.807) is 67.4 Å². The smallest absolute Gasteiger partial charge is 0.338 e. The van der Waals surface area contributed by atoms with E-state index in [1.165, 1.54) is 16.7 Å². The van der Waals surface area contributed by atoms with Crippen LogP contribution < -0.4 is 9.47 Å². The van der Waals surface area contributed by atoms with Crippen molar-refractivity contribution in [2.75, 3.05) is 53.2 Å². The number of thioether (sulfide) groups is 1. The van der Waals surface area contributed by atoms with Crippen molar-refractivity contribution >= 4 is 46.5 Å². The van der Waals surface area contributed by atoms with E-state index in [-0.39, 0.29) is 25.0 Å². The number of amidine groups is 1. The number of aliphatic imine (C=N–C) groups is 1. The number of amides is 2. The molecule has 2 aromatic carbocycles. The van der Waals surface area contributed by atoms with Gasteiger partial charge in [-0.15, -0.1) is 0 Å². The molecule has 4 rings (SSSR count). The predicted octanol–water partition coefficient (Wildman–Crippen LogP) is 3.73. The van der Waals surface area contributed by atoms with Gasteiger partial charge in [0.25, 0.3) is 11.8 Å². The number of benzene rings is 2. The summed E-state index contributed by atoms with van der Waals surface area (Å²) in [6.07, 6.45) is 1.76. The number of hydrogen-bond acceptors (Lipinski definition) is 9. The maximum Gasteiger partial charge on any atom is 0.338 e. The van der Waals surface area contributed by atoms with E-state index >= 15 is 0 Å². The molecule has 0 aromatic heterocycles. The Morgan fingerprint density at radius 1 is 1.05 bits per heavy atom. The zero-order valence-corrected chi connectivity index (χ0v) is 23.0. The van der Waals surface area contributed by atoms with Gasteiger partial charge in [-0.3, -0.25) is 14.5 Å². The van der Waals surface area contributed by atoms with Gasteiger partial charge in [-0.05, 0) is 67.6 Å². The molecule has 0 spiro atoms. The lowest BCUT2D eigenvalue weighted by Crippen LogP contribution is -2.43. The van der Waals surface area contributed by atoms with Gasteiger partial charge in [0, 0.05) is 20.1 Å². The molecule has 2 fully saturated rings. The van der Waals surface area contributed by atoms with Gasteiger partial charge < -0.3 is 23.8 Å². The lowest BCUT2D eigenvalue weighted by Gasteiger charge is -2.26. The molecule has 2 heterocycles. The molecule has 2 saturated heterocycles. The van der Waals surface area contributed by atoms with Crippen molar-refractivity contribution < 1.29 is 33.3 Å². The maximum absolute atomic E-state index is 13.0. The summed E-state index contributed by atoms with van der Waals surface area (Å²) in [7, 11) is 1.65. The fourth-order valence-corrected chi connectivity index (χ4v) is 4.86. The Morgan fingerprint density at radius 2 is 1.85 bits per heavy atom. The summed E-state index contributed by atoms with van der Waals surface area (Å²) in [6.45, 7) is 6.35. The third-order valence-corrected chi connectivity index (χ3v) is 6.93. The first-order valence-electron chi connectivity index (χ1n) is 12.7. The van der Waals surface area contributed by atoms with Crippen molar-refractivity contribution in [1.29, 1.82) is 0 Å². The zero-order chi connectivity index (χ0) is 27.8. The van der Waals surface area contributed by atoms with Crippen molar-refractivity contribution in [2.45, 2.75) is 13.8 Å². The van der Waals surface area contributed by atoms with Crippen LogP contribution in [0.4, 0.5) is 5.69 Å². The quantitative estimate of drug-likeness (QED) is 0.342. The van der Waals surface area contributed by atoms with E-state index in [0.717, 1.165) is 5.56 Å². The first-order chi connectivity index (χ1) is 18.9. The van der Waals surface area contributed by atoms with Crippen LogP contribution in [0.15, 0.2) is 52.4 Å². The maximum atomic E-state index is 13.0. The summed E-state index contributed by atoms with van der Waals surface area (Å²) < 4.78 is 21.9. The van der Waals surface area contributed by atoms with Crippen LogP contribution in [-0.4, -0.2) is 85.9 Å². The normalized spacial score (nSPS) is 17.6. The summed E-state index contributed by atoms with van der Waals surface area (Å²) >= 11 is 1.23.